The van der Waals surface area contributed by atoms with Crippen molar-refractivity contribution in [3.8, 4) is 0 Å². The summed E-state index contributed by atoms with van der Waals surface area (Å²) in [5, 5.41) is 3.16. The molecule has 0 amide bonds. The van der Waals surface area contributed by atoms with Gasteiger partial charge in [0.05, 0.1) is 19.3 Å². The van der Waals surface area contributed by atoms with Gasteiger partial charge in [-0.3, -0.25) is 4.18 Å². The van der Waals surface area contributed by atoms with Gasteiger partial charge in [0.15, 0.2) is 6.10 Å². The zero-order valence-electron chi connectivity index (χ0n) is 10.6. The Hall–Kier alpha value is -1.56. The lowest BCUT2D eigenvalue weighted by molar-refractivity contribution is -0.229. The third kappa shape index (κ3) is 3.56. The Morgan fingerprint density at radius 1 is 1.48 bits per heavy atom. The summed E-state index contributed by atoms with van der Waals surface area (Å²) in [5.41, 5.74) is 2.59. The van der Waals surface area contributed by atoms with E-state index in [0.717, 1.165) is 7.11 Å². The Morgan fingerprint density at radius 3 is 2.48 bits per heavy atom. The fourth-order valence-corrected chi connectivity index (χ4v) is 2.17. The van der Waals surface area contributed by atoms with E-state index in [4.69, 9.17) is 10.3 Å². The smallest absolute Gasteiger partial charge is 0.467 e. The van der Waals surface area contributed by atoms with Crippen molar-refractivity contribution in [2.45, 2.75) is 36.8 Å². The summed E-state index contributed by atoms with van der Waals surface area (Å²) in [6, 6.07) is -1.05. The van der Waals surface area contributed by atoms with Crippen LogP contribution >= 0.6 is 0 Å². The molecule has 0 radical (unpaired) electrons. The van der Waals surface area contributed by atoms with Crippen LogP contribution in [0.1, 0.15) is 6.92 Å². The van der Waals surface area contributed by atoms with Crippen molar-refractivity contribution in [3.05, 3.63) is 10.4 Å². The molecule has 4 atom stereocenters. The van der Waals surface area contributed by atoms with Crippen LogP contribution in [0, 0.1) is 0 Å². The number of hydrogen-bond acceptors (Lipinski definition) is 7. The Bertz CT molecular complexity index is 558. The van der Waals surface area contributed by atoms with E-state index in [0.29, 0.717) is 0 Å². The van der Waals surface area contributed by atoms with Crippen LogP contribution in [0.15, 0.2) is 5.11 Å². The summed E-state index contributed by atoms with van der Waals surface area (Å²) in [4.78, 5) is 13.7. The first-order chi connectivity index (χ1) is 9.55. The normalized spacial score (nSPS) is 27.2. The summed E-state index contributed by atoms with van der Waals surface area (Å²) >= 11 is 0. The second-order valence-electron chi connectivity index (χ2n) is 3.95. The molecule has 13 heteroatoms. The molecule has 1 saturated heterocycles. The summed E-state index contributed by atoms with van der Waals surface area (Å²) in [6.07, 6.45) is -4.79. The molecule has 9 nitrogen and oxygen atoms in total. The standard InChI is InChI=1S/C8H10F3N3O6S/c1-3(13-14-12)4-5(6(19-4)7(15)18-2)20-21(16,17)8(9,10)11/h3-6H,1-2H3/t3-,4-,5+,6+/m0/s1. The summed E-state index contributed by atoms with van der Waals surface area (Å²) in [6.45, 7) is 1.26. The van der Waals surface area contributed by atoms with Crippen LogP contribution < -0.4 is 0 Å². The van der Waals surface area contributed by atoms with Crippen LogP contribution in [0.25, 0.3) is 10.4 Å². The van der Waals surface area contributed by atoms with Gasteiger partial charge in [0.25, 0.3) is 0 Å². The van der Waals surface area contributed by atoms with Gasteiger partial charge in [-0.05, 0) is 5.53 Å². The third-order valence-corrected chi connectivity index (χ3v) is 3.63. The van der Waals surface area contributed by atoms with Crippen molar-refractivity contribution in [3.63, 3.8) is 0 Å². The van der Waals surface area contributed by atoms with Crippen LogP contribution in [0.3, 0.4) is 0 Å². The maximum Gasteiger partial charge on any atom is 0.523 e. The second-order valence-corrected chi connectivity index (χ2v) is 5.51. The minimum Gasteiger partial charge on any atom is -0.467 e. The zero-order chi connectivity index (χ0) is 16.4. The van der Waals surface area contributed by atoms with Gasteiger partial charge in [-0.25, -0.2) is 4.79 Å². The lowest BCUT2D eigenvalue weighted by Crippen LogP contribution is -2.63. The summed E-state index contributed by atoms with van der Waals surface area (Å²) in [7, 11) is -5.00. The lowest BCUT2D eigenvalue weighted by atomic mass is 9.96. The van der Waals surface area contributed by atoms with Crippen molar-refractivity contribution in [2.24, 2.45) is 5.11 Å². The van der Waals surface area contributed by atoms with E-state index in [1.165, 1.54) is 6.92 Å². The first-order valence-corrected chi connectivity index (χ1v) is 6.73. The molecule has 1 heterocycles. The minimum atomic E-state index is -5.94. The highest BCUT2D eigenvalue weighted by atomic mass is 32.2. The molecule has 1 fully saturated rings. The predicted molar refractivity (Wildman–Crippen MR) is 59.1 cm³/mol. The highest BCUT2D eigenvalue weighted by molar-refractivity contribution is 7.87. The fraction of sp³-hybridized carbons (Fsp3) is 0.875. The quantitative estimate of drug-likeness (QED) is 0.183. The monoisotopic (exact) mass is 333 g/mol. The summed E-state index contributed by atoms with van der Waals surface area (Å²) in [5.74, 6) is -1.11. The number of ether oxygens (including phenoxy) is 2. The molecule has 0 bridgehead atoms. The van der Waals surface area contributed by atoms with Crippen LogP contribution in [0.5, 0.6) is 0 Å². The van der Waals surface area contributed by atoms with Crippen molar-refractivity contribution in [1.29, 1.82) is 0 Å². The molecule has 21 heavy (non-hydrogen) atoms. The van der Waals surface area contributed by atoms with E-state index < -0.39 is 45.9 Å². The third-order valence-electron chi connectivity index (χ3n) is 2.59. The number of rotatable bonds is 5. The van der Waals surface area contributed by atoms with Crippen molar-refractivity contribution < 1.29 is 40.0 Å². The Balaban J connectivity index is 2.99. The van der Waals surface area contributed by atoms with Gasteiger partial charge in [-0.2, -0.15) is 21.6 Å². The zero-order valence-corrected chi connectivity index (χ0v) is 11.5. The molecule has 0 aliphatic carbocycles. The molecule has 0 aromatic heterocycles. The second kappa shape index (κ2) is 6.05. The number of azide groups is 1. The van der Waals surface area contributed by atoms with Gasteiger partial charge in [-0.15, -0.1) is 0 Å². The summed E-state index contributed by atoms with van der Waals surface area (Å²) < 4.78 is 71.9. The van der Waals surface area contributed by atoms with Crippen LogP contribution in [0.2, 0.25) is 0 Å². The largest absolute Gasteiger partial charge is 0.523 e. The first-order valence-electron chi connectivity index (χ1n) is 5.32. The number of nitrogens with zero attached hydrogens (tertiary/aromatic N) is 3. The number of esters is 1. The lowest BCUT2D eigenvalue weighted by Gasteiger charge is -2.43. The molecule has 1 rings (SSSR count). The van der Waals surface area contributed by atoms with Gasteiger partial charge in [0.2, 0.25) is 0 Å². The van der Waals surface area contributed by atoms with Crippen LogP contribution in [0.4, 0.5) is 13.2 Å². The number of carbonyl (C=O) groups is 1. The Kier molecular flexibility index (Phi) is 5.04. The molecule has 1 aliphatic heterocycles. The Labute approximate surface area is 116 Å². The number of halogens is 3. The highest BCUT2D eigenvalue weighted by Gasteiger charge is 2.57. The minimum absolute atomic E-state index is 0.936. The molecule has 0 aromatic carbocycles. The molecule has 0 spiro atoms. The molecule has 1 aliphatic rings. The molecule has 0 aromatic rings. The van der Waals surface area contributed by atoms with E-state index in [-0.39, 0.29) is 0 Å². The van der Waals surface area contributed by atoms with Gasteiger partial charge in [0.1, 0.15) is 6.10 Å². The molecule has 0 unspecified atom stereocenters. The number of hydrogen-bond donors (Lipinski definition) is 0. The van der Waals surface area contributed by atoms with E-state index in [1.807, 2.05) is 0 Å². The average Bonchev–Trinajstić information content (AvgIpc) is 2.33. The predicted octanol–water partition coefficient (Wildman–Crippen LogP) is 0.860. The van der Waals surface area contributed by atoms with Gasteiger partial charge in [-0.1, -0.05) is 12.0 Å². The number of methoxy groups -OCH3 is 1. The highest BCUT2D eigenvalue weighted by Crippen LogP contribution is 2.35. The van der Waals surface area contributed by atoms with Crippen molar-refractivity contribution in [1.82, 2.24) is 0 Å². The Morgan fingerprint density at radius 2 is 2.05 bits per heavy atom. The van der Waals surface area contributed by atoms with Gasteiger partial charge in [0, 0.05) is 4.91 Å². The van der Waals surface area contributed by atoms with E-state index in [9.17, 15) is 26.4 Å². The van der Waals surface area contributed by atoms with E-state index in [2.05, 4.69) is 18.9 Å². The van der Waals surface area contributed by atoms with Crippen LogP contribution in [-0.4, -0.2) is 51.4 Å². The van der Waals surface area contributed by atoms with Crippen molar-refractivity contribution >= 4 is 16.1 Å². The average molecular weight is 333 g/mol. The topological polar surface area (TPSA) is 128 Å². The maximum absolute atomic E-state index is 12.3. The number of alkyl halides is 3. The van der Waals surface area contributed by atoms with Gasteiger partial charge >= 0.3 is 21.6 Å². The SMILES string of the molecule is COC(=O)[C@@H]1O[C@@H]([C@H](C)N=[N+]=[N-])[C@H]1OS(=O)(=O)C(F)(F)F. The fourth-order valence-electron chi connectivity index (χ4n) is 1.55. The van der Waals surface area contributed by atoms with E-state index in [1.54, 1.807) is 0 Å². The van der Waals surface area contributed by atoms with Crippen LogP contribution in [-0.2, 0) is 28.6 Å². The molecular formula is C8H10F3N3O6S. The number of carbonyl (C=O) groups excluding carboxylic acids is 1. The molecule has 0 N–H and O–H groups in total. The van der Waals surface area contributed by atoms with Crippen molar-refractivity contribution in [2.75, 3.05) is 7.11 Å². The maximum atomic E-state index is 12.3. The molecule has 0 saturated carbocycles. The first kappa shape index (κ1) is 17.5. The molecule has 120 valence electrons. The molecular weight excluding hydrogens is 323 g/mol. The van der Waals surface area contributed by atoms with Gasteiger partial charge < -0.3 is 9.47 Å². The van der Waals surface area contributed by atoms with E-state index >= 15 is 0 Å².